The van der Waals surface area contributed by atoms with E-state index in [0.29, 0.717) is 5.02 Å². The summed E-state index contributed by atoms with van der Waals surface area (Å²) in [5.74, 6) is -3.25. The lowest BCUT2D eigenvalue weighted by atomic mass is 10.2. The summed E-state index contributed by atoms with van der Waals surface area (Å²) in [7, 11) is 0. The summed E-state index contributed by atoms with van der Waals surface area (Å²) in [5, 5.41) is 15.7. The molecule has 2 rings (SSSR count). The van der Waals surface area contributed by atoms with Crippen LogP contribution in [0.3, 0.4) is 0 Å². The number of carbonyl (C=O) groups is 3. The van der Waals surface area contributed by atoms with Crippen LogP contribution in [0.25, 0.3) is 0 Å². The van der Waals surface area contributed by atoms with Crippen molar-refractivity contribution >= 4 is 40.8 Å². The van der Waals surface area contributed by atoms with Crippen LogP contribution >= 0.6 is 11.6 Å². The molecule has 0 unspecified atom stereocenters. The molecule has 0 saturated carbocycles. The highest BCUT2D eigenvalue weighted by Gasteiger charge is 2.16. The molecule has 0 heterocycles. The van der Waals surface area contributed by atoms with Gasteiger partial charge in [-0.05, 0) is 36.4 Å². The summed E-state index contributed by atoms with van der Waals surface area (Å²) in [6.07, 6.45) is 0. The Morgan fingerprint density at radius 3 is 2.46 bits per heavy atom. The lowest BCUT2D eigenvalue weighted by Gasteiger charge is -2.08. The molecule has 28 heavy (non-hydrogen) atoms. The van der Waals surface area contributed by atoms with E-state index in [1.807, 2.05) is 0 Å². The summed E-state index contributed by atoms with van der Waals surface area (Å²) in [5.41, 5.74) is -0.558. The number of nitro groups is 1. The van der Waals surface area contributed by atoms with Crippen molar-refractivity contribution in [1.82, 2.24) is 5.32 Å². The fourth-order valence-electron chi connectivity index (χ4n) is 1.98. The first kappa shape index (κ1) is 20.8. The van der Waals surface area contributed by atoms with Gasteiger partial charge in [0.05, 0.1) is 4.92 Å². The van der Waals surface area contributed by atoms with Crippen LogP contribution in [0.1, 0.15) is 10.4 Å². The van der Waals surface area contributed by atoms with Gasteiger partial charge in [-0.25, -0.2) is 0 Å². The summed E-state index contributed by atoms with van der Waals surface area (Å²) < 4.78 is 17.9. The number of amides is 2. The summed E-state index contributed by atoms with van der Waals surface area (Å²) >= 11 is 5.71. The molecule has 2 amide bonds. The van der Waals surface area contributed by atoms with Crippen LogP contribution in [0, 0.1) is 15.9 Å². The van der Waals surface area contributed by atoms with Crippen molar-refractivity contribution < 1.29 is 28.4 Å². The Morgan fingerprint density at radius 1 is 1.14 bits per heavy atom. The average Bonchev–Trinajstić information content (AvgIpc) is 2.66. The standard InChI is InChI=1S/C17H13ClFN3O6/c18-11-3-1-10(2-4-11)17(25)20-8-16(24)28-9-15(23)21-12-5-6-13(19)14(7-12)22(26)27/h1-7H,8-9H2,(H,20,25)(H,21,23). The van der Waals surface area contributed by atoms with Crippen molar-refractivity contribution in [2.24, 2.45) is 0 Å². The van der Waals surface area contributed by atoms with Crippen LogP contribution in [-0.2, 0) is 14.3 Å². The SMILES string of the molecule is O=C(COC(=O)CNC(=O)c1ccc(Cl)cc1)Nc1ccc(F)c([N+](=O)[O-])c1. The van der Waals surface area contributed by atoms with Gasteiger partial charge in [0.1, 0.15) is 6.54 Å². The van der Waals surface area contributed by atoms with Gasteiger partial charge in [0.2, 0.25) is 5.82 Å². The van der Waals surface area contributed by atoms with E-state index in [2.05, 4.69) is 15.4 Å². The normalized spacial score (nSPS) is 10.1. The number of carbonyl (C=O) groups excluding carboxylic acids is 3. The first-order valence-corrected chi connectivity index (χ1v) is 8.07. The number of nitrogens with one attached hydrogen (secondary N) is 2. The largest absolute Gasteiger partial charge is 0.454 e. The summed E-state index contributed by atoms with van der Waals surface area (Å²) in [6.45, 7) is -1.17. The number of benzene rings is 2. The summed E-state index contributed by atoms with van der Waals surface area (Å²) in [4.78, 5) is 44.9. The quantitative estimate of drug-likeness (QED) is 0.410. The maximum atomic E-state index is 13.2. The van der Waals surface area contributed by atoms with Crippen molar-refractivity contribution in [3.05, 3.63) is 69.0 Å². The fourth-order valence-corrected chi connectivity index (χ4v) is 2.11. The van der Waals surface area contributed by atoms with Gasteiger partial charge in [-0.1, -0.05) is 11.6 Å². The number of nitro benzene ring substituents is 1. The van der Waals surface area contributed by atoms with Gasteiger partial charge >= 0.3 is 11.7 Å². The number of anilines is 1. The van der Waals surface area contributed by atoms with E-state index in [0.717, 1.165) is 18.2 Å². The van der Waals surface area contributed by atoms with Crippen LogP contribution in [0.15, 0.2) is 42.5 Å². The third kappa shape index (κ3) is 6.02. The van der Waals surface area contributed by atoms with Crippen LogP contribution < -0.4 is 10.6 Å². The molecule has 0 bridgehead atoms. The first-order valence-electron chi connectivity index (χ1n) is 7.69. The van der Waals surface area contributed by atoms with Crippen molar-refractivity contribution in [1.29, 1.82) is 0 Å². The molecule has 0 spiro atoms. The van der Waals surface area contributed by atoms with E-state index in [4.69, 9.17) is 11.6 Å². The zero-order valence-corrected chi connectivity index (χ0v) is 14.9. The van der Waals surface area contributed by atoms with Gasteiger partial charge in [-0.2, -0.15) is 4.39 Å². The molecule has 146 valence electrons. The predicted octanol–water partition coefficient (Wildman–Crippen LogP) is 2.30. The van der Waals surface area contributed by atoms with E-state index in [1.54, 1.807) is 0 Å². The molecule has 2 N–H and O–H groups in total. The molecule has 11 heteroatoms. The van der Waals surface area contributed by atoms with E-state index < -0.39 is 47.4 Å². The van der Waals surface area contributed by atoms with Crippen molar-refractivity contribution in [2.75, 3.05) is 18.5 Å². The van der Waals surface area contributed by atoms with Crippen LogP contribution in [0.4, 0.5) is 15.8 Å². The Labute approximate surface area is 162 Å². The maximum Gasteiger partial charge on any atom is 0.325 e. The highest BCUT2D eigenvalue weighted by atomic mass is 35.5. The van der Waals surface area contributed by atoms with Crippen LogP contribution in [-0.4, -0.2) is 35.9 Å². The molecule has 0 saturated heterocycles. The minimum absolute atomic E-state index is 0.0369. The minimum Gasteiger partial charge on any atom is -0.454 e. The molecule has 0 aromatic heterocycles. The number of rotatable bonds is 7. The van der Waals surface area contributed by atoms with Crippen LogP contribution in [0.5, 0.6) is 0 Å². The highest BCUT2D eigenvalue weighted by molar-refractivity contribution is 6.30. The average molecular weight is 410 g/mol. The second-order valence-corrected chi connectivity index (χ2v) is 5.76. The molecular weight excluding hydrogens is 397 g/mol. The number of halogens is 2. The minimum atomic E-state index is -1.05. The molecule has 0 radical (unpaired) electrons. The van der Waals surface area contributed by atoms with Crippen molar-refractivity contribution in [2.45, 2.75) is 0 Å². The fraction of sp³-hybridized carbons (Fsp3) is 0.118. The molecule has 2 aromatic rings. The van der Waals surface area contributed by atoms with E-state index >= 15 is 0 Å². The maximum absolute atomic E-state index is 13.2. The highest BCUT2D eigenvalue weighted by Crippen LogP contribution is 2.21. The second-order valence-electron chi connectivity index (χ2n) is 5.32. The molecule has 0 aliphatic carbocycles. The molecular formula is C17H13ClFN3O6. The third-order valence-corrected chi connectivity index (χ3v) is 3.54. The number of hydrogen-bond donors (Lipinski definition) is 2. The lowest BCUT2D eigenvalue weighted by molar-refractivity contribution is -0.387. The van der Waals surface area contributed by atoms with Gasteiger partial charge in [0.15, 0.2) is 6.61 Å². The van der Waals surface area contributed by atoms with E-state index in [-0.39, 0.29) is 11.3 Å². The van der Waals surface area contributed by atoms with E-state index in [1.165, 1.54) is 24.3 Å². The predicted molar refractivity (Wildman–Crippen MR) is 96.4 cm³/mol. The Balaban J connectivity index is 1.78. The van der Waals surface area contributed by atoms with Crippen LogP contribution in [0.2, 0.25) is 5.02 Å². The number of ether oxygens (including phenoxy) is 1. The topological polar surface area (TPSA) is 128 Å². The Kier molecular flexibility index (Phi) is 6.99. The lowest BCUT2D eigenvalue weighted by Crippen LogP contribution is -2.32. The first-order chi connectivity index (χ1) is 13.3. The molecule has 9 nitrogen and oxygen atoms in total. The van der Waals surface area contributed by atoms with Gasteiger partial charge in [-0.3, -0.25) is 24.5 Å². The smallest absolute Gasteiger partial charge is 0.325 e. The zero-order valence-electron chi connectivity index (χ0n) is 14.1. The second kappa shape index (κ2) is 9.42. The summed E-state index contributed by atoms with van der Waals surface area (Å²) in [6, 6.07) is 8.75. The molecule has 0 atom stereocenters. The molecule has 0 aliphatic heterocycles. The molecule has 2 aromatic carbocycles. The van der Waals surface area contributed by atoms with Gasteiger partial charge in [0.25, 0.3) is 11.8 Å². The van der Waals surface area contributed by atoms with Gasteiger partial charge in [-0.15, -0.1) is 0 Å². The number of hydrogen-bond acceptors (Lipinski definition) is 6. The monoisotopic (exact) mass is 409 g/mol. The van der Waals surface area contributed by atoms with E-state index in [9.17, 15) is 28.9 Å². The number of esters is 1. The Bertz CT molecular complexity index is 920. The Morgan fingerprint density at radius 2 is 1.82 bits per heavy atom. The van der Waals surface area contributed by atoms with Gasteiger partial charge < -0.3 is 15.4 Å². The van der Waals surface area contributed by atoms with Gasteiger partial charge in [0, 0.05) is 22.3 Å². The third-order valence-electron chi connectivity index (χ3n) is 3.29. The Hall–Kier alpha value is -3.53. The zero-order chi connectivity index (χ0) is 20.7. The molecule has 0 fully saturated rings. The number of nitrogens with zero attached hydrogens (tertiary/aromatic N) is 1. The van der Waals surface area contributed by atoms with Crippen molar-refractivity contribution in [3.63, 3.8) is 0 Å². The van der Waals surface area contributed by atoms with Crippen molar-refractivity contribution in [3.8, 4) is 0 Å². The molecule has 0 aliphatic rings.